The van der Waals surface area contributed by atoms with E-state index in [0.29, 0.717) is 11.6 Å². The van der Waals surface area contributed by atoms with Crippen LogP contribution in [0.4, 0.5) is 5.69 Å². The first-order valence-electron chi connectivity index (χ1n) is 6.52. The fraction of sp³-hybridized carbons (Fsp3) is 0.533. The van der Waals surface area contributed by atoms with Gasteiger partial charge in [-0.1, -0.05) is 26.8 Å². The lowest BCUT2D eigenvalue weighted by Crippen LogP contribution is -2.28. The van der Waals surface area contributed by atoms with Gasteiger partial charge in [0, 0.05) is 11.7 Å². The summed E-state index contributed by atoms with van der Waals surface area (Å²) in [6.45, 7) is 6.40. The maximum atomic E-state index is 11.2. The van der Waals surface area contributed by atoms with Gasteiger partial charge in [0.15, 0.2) is 0 Å². The number of carbonyl (C=O) groups is 1. The van der Waals surface area contributed by atoms with Gasteiger partial charge in [-0.3, -0.25) is 0 Å². The summed E-state index contributed by atoms with van der Waals surface area (Å²) >= 11 is 0. The molecule has 1 aromatic carbocycles. The second kappa shape index (κ2) is 4.63. The van der Waals surface area contributed by atoms with Crippen LogP contribution in [0.2, 0.25) is 0 Å². The lowest BCUT2D eigenvalue weighted by Gasteiger charge is -2.29. The molecule has 1 aliphatic rings. The Labute approximate surface area is 108 Å². The van der Waals surface area contributed by atoms with E-state index < -0.39 is 5.97 Å². The smallest absolute Gasteiger partial charge is 0.337 e. The van der Waals surface area contributed by atoms with Gasteiger partial charge in [-0.05, 0) is 42.4 Å². The maximum absolute atomic E-state index is 11.2. The molecule has 0 aliphatic heterocycles. The number of benzene rings is 1. The fourth-order valence-corrected chi connectivity index (χ4v) is 2.09. The Hall–Kier alpha value is -1.51. The standard InChI is InChI=1S/C15H21NO2/c1-15(2,3)10-7-8-12(14(17)18)13(9-10)16-11-5-4-6-11/h7-9,11,16H,4-6H2,1-3H3,(H,17,18). The highest BCUT2D eigenvalue weighted by Crippen LogP contribution is 2.30. The number of aromatic carboxylic acids is 1. The Morgan fingerprint density at radius 1 is 1.33 bits per heavy atom. The van der Waals surface area contributed by atoms with Gasteiger partial charge in [0.05, 0.1) is 5.56 Å². The molecule has 1 aromatic rings. The highest BCUT2D eigenvalue weighted by Gasteiger charge is 2.22. The summed E-state index contributed by atoms with van der Waals surface area (Å²) in [5.74, 6) is -0.864. The van der Waals surface area contributed by atoms with Crippen molar-refractivity contribution in [2.24, 2.45) is 0 Å². The zero-order valence-electron chi connectivity index (χ0n) is 11.3. The minimum atomic E-state index is -0.864. The number of hydrogen-bond acceptors (Lipinski definition) is 2. The van der Waals surface area contributed by atoms with E-state index in [0.717, 1.165) is 24.1 Å². The van der Waals surface area contributed by atoms with Crippen LogP contribution in [0.3, 0.4) is 0 Å². The largest absolute Gasteiger partial charge is 0.478 e. The van der Waals surface area contributed by atoms with Gasteiger partial charge in [-0.25, -0.2) is 4.79 Å². The first-order valence-corrected chi connectivity index (χ1v) is 6.52. The zero-order chi connectivity index (χ0) is 13.3. The highest BCUT2D eigenvalue weighted by atomic mass is 16.4. The molecule has 0 heterocycles. The third-order valence-corrected chi connectivity index (χ3v) is 3.58. The molecule has 1 saturated carbocycles. The number of rotatable bonds is 3. The summed E-state index contributed by atoms with van der Waals surface area (Å²) in [6.07, 6.45) is 3.51. The lowest BCUT2D eigenvalue weighted by molar-refractivity contribution is 0.0698. The molecule has 0 spiro atoms. The third-order valence-electron chi connectivity index (χ3n) is 3.58. The number of carboxylic acid groups (broad SMARTS) is 1. The molecule has 3 nitrogen and oxygen atoms in total. The minimum Gasteiger partial charge on any atom is -0.478 e. The van der Waals surface area contributed by atoms with Gasteiger partial charge < -0.3 is 10.4 Å². The van der Waals surface area contributed by atoms with Crippen LogP contribution in [-0.2, 0) is 5.41 Å². The SMILES string of the molecule is CC(C)(C)c1ccc(C(=O)O)c(NC2CCC2)c1. The molecule has 1 fully saturated rings. The third kappa shape index (κ3) is 2.66. The van der Waals surface area contributed by atoms with Crippen LogP contribution in [0.1, 0.15) is 56.0 Å². The van der Waals surface area contributed by atoms with Crippen molar-refractivity contribution in [2.75, 3.05) is 5.32 Å². The molecule has 18 heavy (non-hydrogen) atoms. The molecule has 98 valence electrons. The number of anilines is 1. The molecular weight excluding hydrogens is 226 g/mol. The summed E-state index contributed by atoms with van der Waals surface area (Å²) < 4.78 is 0. The van der Waals surface area contributed by atoms with Gasteiger partial charge >= 0.3 is 5.97 Å². The van der Waals surface area contributed by atoms with Crippen molar-refractivity contribution in [3.05, 3.63) is 29.3 Å². The average molecular weight is 247 g/mol. The molecule has 2 rings (SSSR count). The van der Waals surface area contributed by atoms with Crippen molar-refractivity contribution in [1.82, 2.24) is 0 Å². The van der Waals surface area contributed by atoms with Crippen LogP contribution < -0.4 is 5.32 Å². The molecule has 1 aliphatic carbocycles. The summed E-state index contributed by atoms with van der Waals surface area (Å²) in [5.41, 5.74) is 2.33. The van der Waals surface area contributed by atoms with Crippen LogP contribution in [0.25, 0.3) is 0 Å². The summed E-state index contributed by atoms with van der Waals surface area (Å²) in [4.78, 5) is 11.2. The van der Waals surface area contributed by atoms with E-state index in [-0.39, 0.29) is 5.41 Å². The topological polar surface area (TPSA) is 49.3 Å². The van der Waals surface area contributed by atoms with E-state index in [2.05, 4.69) is 26.1 Å². The number of carboxylic acids is 1. The predicted octanol–water partition coefficient (Wildman–Crippen LogP) is 3.65. The second-order valence-electron chi connectivity index (χ2n) is 6.09. The highest BCUT2D eigenvalue weighted by molar-refractivity contribution is 5.94. The van der Waals surface area contributed by atoms with Crippen LogP contribution in [0.5, 0.6) is 0 Å². The molecule has 0 atom stereocenters. The molecule has 0 radical (unpaired) electrons. The van der Waals surface area contributed by atoms with Gasteiger partial charge in [-0.15, -0.1) is 0 Å². The van der Waals surface area contributed by atoms with Crippen LogP contribution in [-0.4, -0.2) is 17.1 Å². The number of nitrogens with one attached hydrogen (secondary N) is 1. The summed E-state index contributed by atoms with van der Waals surface area (Å²) in [5, 5.41) is 12.6. The molecule has 0 aromatic heterocycles. The van der Waals surface area contributed by atoms with Crippen molar-refractivity contribution < 1.29 is 9.90 Å². The number of hydrogen-bond donors (Lipinski definition) is 2. The van der Waals surface area contributed by atoms with E-state index in [1.807, 2.05) is 12.1 Å². The van der Waals surface area contributed by atoms with E-state index in [4.69, 9.17) is 0 Å². The van der Waals surface area contributed by atoms with Gasteiger partial charge in [0.2, 0.25) is 0 Å². The minimum absolute atomic E-state index is 0.0348. The van der Waals surface area contributed by atoms with Gasteiger partial charge in [-0.2, -0.15) is 0 Å². The molecule has 0 unspecified atom stereocenters. The Balaban J connectivity index is 2.34. The summed E-state index contributed by atoms with van der Waals surface area (Å²) in [6, 6.07) is 6.06. The van der Waals surface area contributed by atoms with Crippen LogP contribution in [0.15, 0.2) is 18.2 Å². The zero-order valence-corrected chi connectivity index (χ0v) is 11.3. The van der Waals surface area contributed by atoms with E-state index >= 15 is 0 Å². The lowest BCUT2D eigenvalue weighted by atomic mass is 9.85. The van der Waals surface area contributed by atoms with Crippen molar-refractivity contribution in [2.45, 2.75) is 51.5 Å². The molecule has 2 N–H and O–H groups in total. The molecular formula is C15H21NO2. The second-order valence-corrected chi connectivity index (χ2v) is 6.09. The fourth-order valence-electron chi connectivity index (χ4n) is 2.09. The van der Waals surface area contributed by atoms with Crippen molar-refractivity contribution >= 4 is 11.7 Å². The summed E-state index contributed by atoms with van der Waals surface area (Å²) in [7, 11) is 0. The molecule has 0 amide bonds. The molecule has 3 heteroatoms. The Morgan fingerprint density at radius 3 is 2.44 bits per heavy atom. The first-order chi connectivity index (χ1) is 8.38. The quantitative estimate of drug-likeness (QED) is 0.857. The molecule has 0 bridgehead atoms. The Morgan fingerprint density at radius 2 is 2.00 bits per heavy atom. The predicted molar refractivity (Wildman–Crippen MR) is 73.4 cm³/mol. The van der Waals surface area contributed by atoms with Gasteiger partial charge in [0.1, 0.15) is 0 Å². The van der Waals surface area contributed by atoms with E-state index in [1.54, 1.807) is 6.07 Å². The monoisotopic (exact) mass is 247 g/mol. The van der Waals surface area contributed by atoms with Crippen molar-refractivity contribution in [1.29, 1.82) is 0 Å². The first kappa shape index (κ1) is 12.9. The van der Waals surface area contributed by atoms with Crippen LogP contribution in [0, 0.1) is 0 Å². The average Bonchev–Trinajstić information content (AvgIpc) is 2.21. The van der Waals surface area contributed by atoms with Crippen LogP contribution >= 0.6 is 0 Å². The van der Waals surface area contributed by atoms with Crippen molar-refractivity contribution in [3.8, 4) is 0 Å². The normalized spacial score (nSPS) is 16.2. The van der Waals surface area contributed by atoms with Crippen molar-refractivity contribution in [3.63, 3.8) is 0 Å². The Kier molecular flexibility index (Phi) is 3.33. The van der Waals surface area contributed by atoms with E-state index in [1.165, 1.54) is 6.42 Å². The van der Waals surface area contributed by atoms with Gasteiger partial charge in [0.25, 0.3) is 0 Å². The van der Waals surface area contributed by atoms with E-state index in [9.17, 15) is 9.90 Å². The Bertz CT molecular complexity index is 456. The maximum Gasteiger partial charge on any atom is 0.337 e. The molecule has 0 saturated heterocycles.